The van der Waals surface area contributed by atoms with Crippen LogP contribution >= 0.6 is 0 Å². The van der Waals surface area contributed by atoms with Gasteiger partial charge in [-0.05, 0) is 95.9 Å². The molecule has 0 radical (unpaired) electrons. The summed E-state index contributed by atoms with van der Waals surface area (Å²) in [5.74, 6) is 0.866. The number of hydrogen-bond donors (Lipinski definition) is 3. The molecule has 0 saturated heterocycles. The Kier molecular flexibility index (Phi) is 9.10. The summed E-state index contributed by atoms with van der Waals surface area (Å²) in [5, 5.41) is 16.4. The van der Waals surface area contributed by atoms with Crippen LogP contribution in [0.5, 0.6) is 0 Å². The number of hydrogen-bond acceptors (Lipinski definition) is 4. The summed E-state index contributed by atoms with van der Waals surface area (Å²) in [6.07, 6.45) is 8.28. The van der Waals surface area contributed by atoms with Gasteiger partial charge in [0.15, 0.2) is 0 Å². The van der Waals surface area contributed by atoms with Crippen molar-refractivity contribution in [1.82, 2.24) is 16.0 Å². The molecule has 0 saturated carbocycles. The van der Waals surface area contributed by atoms with Crippen molar-refractivity contribution in [2.24, 2.45) is 4.99 Å². The molecule has 11 rings (SSSR count). The molecule has 2 heterocycles. The summed E-state index contributed by atoms with van der Waals surface area (Å²) in [7, 11) is 0. The third-order valence-electron chi connectivity index (χ3n) is 12.0. The molecule has 60 heavy (non-hydrogen) atoms. The van der Waals surface area contributed by atoms with E-state index < -0.39 is 0 Å². The van der Waals surface area contributed by atoms with Gasteiger partial charge < -0.3 is 10.6 Å². The van der Waals surface area contributed by atoms with Gasteiger partial charge in [-0.25, -0.2) is 4.99 Å². The van der Waals surface area contributed by atoms with Crippen molar-refractivity contribution in [3.05, 3.63) is 251 Å². The molecule has 4 heteroatoms. The van der Waals surface area contributed by atoms with Crippen LogP contribution in [0, 0.1) is 0 Å². The minimum absolute atomic E-state index is 0.133. The van der Waals surface area contributed by atoms with E-state index in [4.69, 9.17) is 4.99 Å². The Balaban J connectivity index is 1.01. The fourth-order valence-electron chi connectivity index (χ4n) is 8.84. The summed E-state index contributed by atoms with van der Waals surface area (Å²) in [6, 6.07) is 70.0. The first kappa shape index (κ1) is 35.6. The van der Waals surface area contributed by atoms with E-state index in [0.29, 0.717) is 0 Å². The highest BCUT2D eigenvalue weighted by Gasteiger charge is 2.26. The topological polar surface area (TPSA) is 48.5 Å². The third-order valence-corrected chi connectivity index (χ3v) is 12.0. The summed E-state index contributed by atoms with van der Waals surface area (Å²) in [4.78, 5) is 5.35. The van der Waals surface area contributed by atoms with Crippen molar-refractivity contribution in [3.63, 3.8) is 0 Å². The molecule has 4 nitrogen and oxygen atoms in total. The average molecular weight is 771 g/mol. The van der Waals surface area contributed by atoms with Gasteiger partial charge in [0, 0.05) is 10.8 Å². The van der Waals surface area contributed by atoms with Crippen molar-refractivity contribution in [1.29, 1.82) is 0 Å². The second kappa shape index (κ2) is 15.3. The van der Waals surface area contributed by atoms with E-state index in [1.54, 1.807) is 0 Å². The first-order valence-corrected chi connectivity index (χ1v) is 20.7. The molecule has 3 unspecified atom stereocenters. The number of amidine groups is 1. The summed E-state index contributed by atoms with van der Waals surface area (Å²) < 4.78 is 0. The van der Waals surface area contributed by atoms with Crippen LogP contribution in [0.15, 0.2) is 223 Å². The number of fused-ring (bicyclic) bond motifs is 3. The first-order chi connectivity index (χ1) is 29.7. The highest BCUT2D eigenvalue weighted by molar-refractivity contribution is 5.99. The highest BCUT2D eigenvalue weighted by Crippen LogP contribution is 2.35. The molecule has 0 bridgehead atoms. The van der Waals surface area contributed by atoms with Crippen LogP contribution in [0.1, 0.15) is 34.6 Å². The zero-order valence-corrected chi connectivity index (χ0v) is 33.0. The third kappa shape index (κ3) is 6.83. The molecule has 0 aromatic heterocycles. The van der Waals surface area contributed by atoms with Crippen molar-refractivity contribution < 1.29 is 0 Å². The van der Waals surface area contributed by atoms with Gasteiger partial charge in [-0.2, -0.15) is 0 Å². The first-order valence-electron chi connectivity index (χ1n) is 20.7. The smallest absolute Gasteiger partial charge is 0.131 e. The maximum Gasteiger partial charge on any atom is 0.131 e. The van der Waals surface area contributed by atoms with Gasteiger partial charge in [-0.15, -0.1) is 0 Å². The van der Waals surface area contributed by atoms with Crippen molar-refractivity contribution in [2.45, 2.75) is 18.4 Å². The molecule has 3 aliphatic rings. The Morgan fingerprint density at radius 1 is 0.400 bits per heavy atom. The van der Waals surface area contributed by atoms with E-state index in [1.165, 1.54) is 37.9 Å². The van der Waals surface area contributed by atoms with Crippen LogP contribution in [0.2, 0.25) is 0 Å². The molecular weight excluding hydrogens is 729 g/mol. The zero-order valence-electron chi connectivity index (χ0n) is 33.0. The zero-order chi connectivity index (χ0) is 39.8. The number of allylic oxidation sites excluding steroid dienone is 2. The maximum atomic E-state index is 5.35. The van der Waals surface area contributed by atoms with Crippen LogP contribution in [0.3, 0.4) is 0 Å². The second-order valence-electron chi connectivity index (χ2n) is 15.7. The fraction of sp³-hybridized carbons (Fsp3) is 0.0536. The van der Waals surface area contributed by atoms with Gasteiger partial charge in [-0.1, -0.05) is 194 Å². The fourth-order valence-corrected chi connectivity index (χ4v) is 8.84. The average Bonchev–Trinajstić information content (AvgIpc) is 3.34. The standard InChI is InChI=1S/C56H42N4/c1-3-14-42(15-4-1)54-58-55(43-16-5-2-6-17-43)60-56(59-54)48-35-46(39-25-23-38(24-26-39)45-32-29-37-13-7-8-18-44(37)33-45)34-47(36-48)40-27-30-41(31-28-40)53-51-21-10-9-19-49(51)50-20-11-12-22-52(50)57-53/h1-36,52,54,56-57,59H,(H,58,60). The van der Waals surface area contributed by atoms with Gasteiger partial charge in [0.25, 0.3) is 0 Å². The van der Waals surface area contributed by atoms with E-state index in [-0.39, 0.29) is 18.4 Å². The van der Waals surface area contributed by atoms with Crippen molar-refractivity contribution in [2.75, 3.05) is 0 Å². The molecule has 8 aromatic carbocycles. The second-order valence-corrected chi connectivity index (χ2v) is 15.7. The largest absolute Gasteiger partial charge is 0.374 e. The lowest BCUT2D eigenvalue weighted by atomic mass is 9.91. The lowest BCUT2D eigenvalue weighted by Crippen LogP contribution is -2.45. The SMILES string of the molecule is C1=CC2=c3ccccc3=C(c3ccc(-c4cc(-c5ccc(-c6ccc7ccccc7c6)cc5)cc(C5N=C(c6ccccc6)NC(c6ccccc6)N5)c4)cc3)NC2C=C1. The van der Waals surface area contributed by atoms with E-state index in [0.717, 1.165) is 56.0 Å². The summed E-state index contributed by atoms with van der Waals surface area (Å²) >= 11 is 0. The molecule has 286 valence electrons. The lowest BCUT2D eigenvalue weighted by Gasteiger charge is -2.32. The molecular formula is C56H42N4. The number of nitrogens with one attached hydrogen (secondary N) is 3. The molecule has 8 aromatic rings. The van der Waals surface area contributed by atoms with Crippen LogP contribution < -0.4 is 26.4 Å². The van der Waals surface area contributed by atoms with E-state index in [9.17, 15) is 0 Å². The van der Waals surface area contributed by atoms with E-state index in [1.807, 2.05) is 6.07 Å². The highest BCUT2D eigenvalue weighted by atomic mass is 15.3. The van der Waals surface area contributed by atoms with Crippen LogP contribution in [-0.4, -0.2) is 11.9 Å². The minimum Gasteiger partial charge on any atom is -0.374 e. The minimum atomic E-state index is -0.303. The Morgan fingerprint density at radius 2 is 1.00 bits per heavy atom. The Hall–Kier alpha value is -7.53. The Morgan fingerprint density at radius 3 is 1.73 bits per heavy atom. The molecule has 0 spiro atoms. The molecule has 0 fully saturated rings. The van der Waals surface area contributed by atoms with E-state index >= 15 is 0 Å². The monoisotopic (exact) mass is 770 g/mol. The van der Waals surface area contributed by atoms with Gasteiger partial charge in [0.05, 0.1) is 11.7 Å². The molecule has 3 N–H and O–H groups in total. The summed E-state index contributed by atoms with van der Waals surface area (Å²) in [6.45, 7) is 0. The normalized spacial score (nSPS) is 17.9. The Bertz CT molecular complexity index is 3110. The quantitative estimate of drug-likeness (QED) is 0.151. The van der Waals surface area contributed by atoms with Crippen LogP contribution in [0.25, 0.3) is 55.4 Å². The molecule has 1 aliphatic carbocycles. The number of aliphatic imine (C=N–C) groups is 1. The molecule has 3 atom stereocenters. The van der Waals surface area contributed by atoms with Crippen LogP contribution in [0.4, 0.5) is 0 Å². The van der Waals surface area contributed by atoms with Gasteiger partial charge >= 0.3 is 0 Å². The molecule has 2 aliphatic heterocycles. The number of benzene rings is 8. The maximum absolute atomic E-state index is 5.35. The van der Waals surface area contributed by atoms with E-state index in [2.05, 4.69) is 228 Å². The van der Waals surface area contributed by atoms with Gasteiger partial charge in [0.1, 0.15) is 18.2 Å². The predicted octanol–water partition coefficient (Wildman–Crippen LogP) is 10.6. The van der Waals surface area contributed by atoms with Crippen LogP contribution in [-0.2, 0) is 0 Å². The Labute approximate surface area is 350 Å². The number of nitrogens with zero attached hydrogens (tertiary/aromatic N) is 1. The summed E-state index contributed by atoms with van der Waals surface area (Å²) in [5.41, 5.74) is 13.9. The van der Waals surface area contributed by atoms with Crippen molar-refractivity contribution >= 4 is 27.9 Å². The van der Waals surface area contributed by atoms with Gasteiger partial charge in [-0.3, -0.25) is 5.32 Å². The van der Waals surface area contributed by atoms with Crippen molar-refractivity contribution in [3.8, 4) is 33.4 Å². The van der Waals surface area contributed by atoms with Gasteiger partial charge in [0.2, 0.25) is 0 Å². The predicted molar refractivity (Wildman–Crippen MR) is 248 cm³/mol. The number of rotatable bonds is 7. The lowest BCUT2D eigenvalue weighted by molar-refractivity contribution is 0.409. The molecule has 0 amide bonds.